The summed E-state index contributed by atoms with van der Waals surface area (Å²) in [6, 6.07) is 3.60. The van der Waals surface area contributed by atoms with Crippen molar-refractivity contribution in [1.82, 2.24) is 9.78 Å². The molecule has 2 aliphatic rings. The molecule has 4 rings (SSSR count). The number of aromatic nitrogens is 2. The summed E-state index contributed by atoms with van der Waals surface area (Å²) >= 11 is 0. The van der Waals surface area contributed by atoms with Gasteiger partial charge in [0, 0.05) is 30.5 Å². The van der Waals surface area contributed by atoms with Crippen molar-refractivity contribution in [3.05, 3.63) is 34.5 Å². The van der Waals surface area contributed by atoms with Crippen LogP contribution in [0.4, 0.5) is 0 Å². The van der Waals surface area contributed by atoms with Gasteiger partial charge in [-0.05, 0) is 38.3 Å². The van der Waals surface area contributed by atoms with Crippen LogP contribution in [0.25, 0.3) is 11.3 Å². The highest BCUT2D eigenvalue weighted by atomic mass is 32.2. The van der Waals surface area contributed by atoms with Crippen molar-refractivity contribution in [3.8, 4) is 11.3 Å². The Morgan fingerprint density at radius 3 is 2.38 bits per heavy atom. The first-order valence-corrected chi connectivity index (χ1v) is 11.3. The van der Waals surface area contributed by atoms with E-state index in [2.05, 4.69) is 5.10 Å². The summed E-state index contributed by atoms with van der Waals surface area (Å²) in [6.45, 7) is 5.66. The molecule has 8 heteroatoms. The quantitative estimate of drug-likeness (QED) is 0.565. The van der Waals surface area contributed by atoms with Crippen molar-refractivity contribution in [2.24, 2.45) is 5.92 Å². The number of rotatable bonds is 3. The molecule has 1 aliphatic carbocycles. The van der Waals surface area contributed by atoms with Crippen molar-refractivity contribution in [1.29, 1.82) is 0 Å². The van der Waals surface area contributed by atoms with Crippen LogP contribution in [-0.4, -0.2) is 35.5 Å². The van der Waals surface area contributed by atoms with Crippen molar-refractivity contribution in [3.63, 3.8) is 0 Å². The molecule has 0 radical (unpaired) electrons. The summed E-state index contributed by atoms with van der Waals surface area (Å²) in [5.41, 5.74) is 2.72. The third-order valence-corrected chi connectivity index (χ3v) is 7.60. The molecule has 1 fully saturated rings. The molecule has 1 saturated carbocycles. The average molecular weight is 414 g/mol. The first-order chi connectivity index (χ1) is 13.7. The second-order valence-electron chi connectivity index (χ2n) is 7.74. The third-order valence-electron chi connectivity index (χ3n) is 5.78. The van der Waals surface area contributed by atoms with Gasteiger partial charge in [-0.15, -0.1) is 0 Å². The summed E-state index contributed by atoms with van der Waals surface area (Å²) in [6.07, 6.45) is 0.820. The number of Topliss-reactive ketones (excluding diaryl/α,β-unsaturated/α-hetero) is 3. The monoisotopic (exact) mass is 414 g/mol. The normalized spacial score (nSPS) is 18.4. The zero-order valence-electron chi connectivity index (χ0n) is 16.6. The van der Waals surface area contributed by atoms with E-state index in [1.165, 1.54) is 4.68 Å². The fraction of sp³-hybridized carbons (Fsp3) is 0.429. The van der Waals surface area contributed by atoms with Gasteiger partial charge in [0.25, 0.3) is 0 Å². The number of aryl methyl sites for hydroxylation is 3. The molecule has 0 N–H and O–H groups in total. The number of nitrogens with zero attached hydrogens (tertiary/aromatic N) is 2. The van der Waals surface area contributed by atoms with E-state index in [1.807, 2.05) is 13.0 Å². The fourth-order valence-electron chi connectivity index (χ4n) is 4.42. The Morgan fingerprint density at radius 1 is 1.14 bits per heavy atom. The zero-order chi connectivity index (χ0) is 21.1. The van der Waals surface area contributed by atoms with E-state index in [0.717, 1.165) is 5.56 Å². The minimum atomic E-state index is -3.69. The molecule has 0 unspecified atom stereocenters. The summed E-state index contributed by atoms with van der Waals surface area (Å²) in [5, 5.41) is 4.55. The lowest BCUT2D eigenvalue weighted by Gasteiger charge is -2.22. The van der Waals surface area contributed by atoms with Crippen LogP contribution in [0, 0.1) is 19.8 Å². The van der Waals surface area contributed by atoms with Gasteiger partial charge < -0.3 is 0 Å². The number of fused-ring (bicyclic) bond motifs is 3. The van der Waals surface area contributed by atoms with E-state index in [1.54, 1.807) is 19.9 Å². The SMILES string of the molecule is CCn1nc2c(c1C(=O)C1C(=O)CCCC1=O)CS(=O)(=O)c1c(C)ccc(C)c1-2. The highest BCUT2D eigenvalue weighted by Crippen LogP contribution is 2.42. The third kappa shape index (κ3) is 2.88. The van der Waals surface area contributed by atoms with Crippen LogP contribution in [0.5, 0.6) is 0 Å². The number of ketones is 3. The first-order valence-electron chi connectivity index (χ1n) is 9.70. The van der Waals surface area contributed by atoms with Crippen molar-refractivity contribution in [2.75, 3.05) is 0 Å². The van der Waals surface area contributed by atoms with Gasteiger partial charge in [0.05, 0.1) is 16.3 Å². The molecule has 1 aromatic heterocycles. The molecule has 152 valence electrons. The molecule has 0 bridgehead atoms. The number of carbonyl (C=O) groups excluding carboxylic acids is 3. The molecule has 0 spiro atoms. The lowest BCUT2D eigenvalue weighted by molar-refractivity contribution is -0.133. The van der Waals surface area contributed by atoms with Crippen LogP contribution in [0.1, 0.15) is 53.4 Å². The summed E-state index contributed by atoms with van der Waals surface area (Å²) < 4.78 is 27.6. The van der Waals surface area contributed by atoms with Gasteiger partial charge in [-0.25, -0.2) is 8.42 Å². The maximum atomic E-state index is 13.3. The Labute approximate surface area is 169 Å². The summed E-state index contributed by atoms with van der Waals surface area (Å²) in [4.78, 5) is 38.2. The van der Waals surface area contributed by atoms with Crippen LogP contribution in [-0.2, 0) is 31.7 Å². The van der Waals surface area contributed by atoms with Crippen LogP contribution < -0.4 is 0 Å². The molecule has 2 heterocycles. The van der Waals surface area contributed by atoms with E-state index in [0.29, 0.717) is 35.3 Å². The van der Waals surface area contributed by atoms with Gasteiger partial charge in [0.1, 0.15) is 11.6 Å². The highest BCUT2D eigenvalue weighted by Gasteiger charge is 2.42. The first kappa shape index (κ1) is 19.7. The molecule has 0 atom stereocenters. The van der Waals surface area contributed by atoms with Crippen molar-refractivity contribution >= 4 is 27.2 Å². The van der Waals surface area contributed by atoms with Gasteiger partial charge in [0.2, 0.25) is 0 Å². The van der Waals surface area contributed by atoms with Gasteiger partial charge >= 0.3 is 0 Å². The maximum absolute atomic E-state index is 13.3. The summed E-state index contributed by atoms with van der Waals surface area (Å²) in [7, 11) is -3.69. The zero-order valence-corrected chi connectivity index (χ0v) is 17.4. The maximum Gasteiger partial charge on any atom is 0.199 e. The number of sulfone groups is 1. The largest absolute Gasteiger partial charge is 0.298 e. The predicted molar refractivity (Wildman–Crippen MR) is 105 cm³/mol. The lowest BCUT2D eigenvalue weighted by Crippen LogP contribution is -2.37. The molecule has 0 saturated heterocycles. The van der Waals surface area contributed by atoms with Gasteiger partial charge in [0.15, 0.2) is 27.2 Å². The van der Waals surface area contributed by atoms with Gasteiger partial charge in [-0.2, -0.15) is 5.10 Å². The van der Waals surface area contributed by atoms with E-state index < -0.39 is 33.1 Å². The topological polar surface area (TPSA) is 103 Å². The summed E-state index contributed by atoms with van der Waals surface area (Å²) in [5.74, 6) is -3.13. The Bertz CT molecular complexity index is 1170. The second-order valence-corrected chi connectivity index (χ2v) is 9.66. The number of hydrogen-bond acceptors (Lipinski definition) is 6. The molecular formula is C21H22N2O5S. The van der Waals surface area contributed by atoms with Crippen molar-refractivity contribution in [2.45, 2.75) is 57.2 Å². The van der Waals surface area contributed by atoms with E-state index in [9.17, 15) is 22.8 Å². The minimum Gasteiger partial charge on any atom is -0.298 e. The van der Waals surface area contributed by atoms with Crippen LogP contribution in [0.3, 0.4) is 0 Å². The van der Waals surface area contributed by atoms with Crippen LogP contribution in [0.15, 0.2) is 17.0 Å². The molecular weight excluding hydrogens is 392 g/mol. The standard InChI is InChI=1S/C21H22N2O5S/c1-4-23-19(20(26)17-14(24)6-5-7-15(17)25)13-10-29(27,28)21-12(3)9-8-11(2)16(21)18(13)22-23/h8-9,17H,4-7,10H2,1-3H3. The van der Waals surface area contributed by atoms with Crippen molar-refractivity contribution < 1.29 is 22.8 Å². The molecule has 1 aromatic carbocycles. The molecule has 29 heavy (non-hydrogen) atoms. The number of hydrogen-bond donors (Lipinski definition) is 0. The Kier molecular flexibility index (Phi) is 4.57. The Morgan fingerprint density at radius 2 is 1.76 bits per heavy atom. The number of carbonyl (C=O) groups is 3. The molecule has 7 nitrogen and oxygen atoms in total. The van der Waals surface area contributed by atoms with Crippen LogP contribution in [0.2, 0.25) is 0 Å². The second kappa shape index (κ2) is 6.73. The van der Waals surface area contributed by atoms with Gasteiger partial charge in [-0.3, -0.25) is 19.1 Å². The van der Waals surface area contributed by atoms with E-state index in [-0.39, 0.29) is 29.2 Å². The minimum absolute atomic E-state index is 0.0752. The molecule has 1 aliphatic heterocycles. The van der Waals surface area contributed by atoms with Crippen LogP contribution >= 0.6 is 0 Å². The Hall–Kier alpha value is -2.61. The Balaban J connectivity index is 1.98. The molecule has 0 amide bonds. The van der Waals surface area contributed by atoms with Gasteiger partial charge in [-0.1, -0.05) is 12.1 Å². The fourth-order valence-corrected chi connectivity index (χ4v) is 6.34. The van der Waals surface area contributed by atoms with E-state index in [4.69, 9.17) is 0 Å². The lowest BCUT2D eigenvalue weighted by atomic mass is 9.82. The smallest absolute Gasteiger partial charge is 0.199 e. The molecule has 2 aromatic rings. The predicted octanol–water partition coefficient (Wildman–Crippen LogP) is 2.60. The van der Waals surface area contributed by atoms with E-state index >= 15 is 0 Å². The number of benzene rings is 1. The average Bonchev–Trinajstić information content (AvgIpc) is 3.00. The highest BCUT2D eigenvalue weighted by molar-refractivity contribution is 7.91.